The van der Waals surface area contributed by atoms with Crippen LogP contribution in [0.25, 0.3) is 0 Å². The van der Waals surface area contributed by atoms with Gasteiger partial charge in [0.2, 0.25) is 0 Å². The smallest absolute Gasteiger partial charge is 0.257 e. The van der Waals surface area contributed by atoms with Gasteiger partial charge in [-0.2, -0.15) is 5.10 Å². The third kappa shape index (κ3) is 2.56. The summed E-state index contributed by atoms with van der Waals surface area (Å²) in [6, 6.07) is 0.450. The van der Waals surface area contributed by atoms with Crippen LogP contribution in [0.1, 0.15) is 35.8 Å². The normalized spacial score (nSPS) is 19.2. The zero-order valence-electron chi connectivity index (χ0n) is 11.4. The van der Waals surface area contributed by atoms with Gasteiger partial charge in [-0.05, 0) is 33.2 Å². The Kier molecular flexibility index (Phi) is 4.01. The molecule has 2 heterocycles. The van der Waals surface area contributed by atoms with Crippen molar-refractivity contribution in [3.05, 3.63) is 17.5 Å². The molecule has 5 nitrogen and oxygen atoms in total. The minimum Gasteiger partial charge on any atom is -0.337 e. The van der Waals surface area contributed by atoms with Crippen molar-refractivity contribution in [2.75, 3.05) is 19.6 Å². The van der Waals surface area contributed by atoms with Gasteiger partial charge >= 0.3 is 0 Å². The number of carbonyl (C=O) groups is 1. The molecule has 5 heteroatoms. The summed E-state index contributed by atoms with van der Waals surface area (Å²) >= 11 is 0. The van der Waals surface area contributed by atoms with Gasteiger partial charge in [-0.1, -0.05) is 0 Å². The van der Waals surface area contributed by atoms with E-state index in [1.54, 1.807) is 10.9 Å². The summed E-state index contributed by atoms with van der Waals surface area (Å²) in [6.45, 7) is 6.57. The molecule has 0 bridgehead atoms. The minimum atomic E-state index is 0.0943. The first-order chi connectivity index (χ1) is 8.63. The highest BCUT2D eigenvalue weighted by atomic mass is 16.2. The summed E-state index contributed by atoms with van der Waals surface area (Å²) in [5, 5.41) is 7.57. The van der Waals surface area contributed by atoms with Crippen LogP contribution in [0.2, 0.25) is 0 Å². The Morgan fingerprint density at radius 3 is 2.94 bits per heavy atom. The van der Waals surface area contributed by atoms with Crippen molar-refractivity contribution >= 4 is 5.91 Å². The molecule has 100 valence electrons. The van der Waals surface area contributed by atoms with Crippen LogP contribution in [0.15, 0.2) is 6.20 Å². The highest BCUT2D eigenvalue weighted by molar-refractivity contribution is 5.95. The number of nitrogens with zero attached hydrogens (tertiary/aromatic N) is 3. The third-order valence-corrected chi connectivity index (χ3v) is 3.74. The van der Waals surface area contributed by atoms with E-state index in [1.165, 1.54) is 6.42 Å². The Balaban J connectivity index is 2.07. The largest absolute Gasteiger partial charge is 0.337 e. The molecule has 2 rings (SSSR count). The number of nitrogens with one attached hydrogen (secondary N) is 1. The van der Waals surface area contributed by atoms with Crippen molar-refractivity contribution in [3.8, 4) is 0 Å². The molecule has 1 aromatic rings. The van der Waals surface area contributed by atoms with E-state index in [4.69, 9.17) is 0 Å². The number of amides is 1. The lowest BCUT2D eigenvalue weighted by molar-refractivity contribution is 0.0750. The van der Waals surface area contributed by atoms with Gasteiger partial charge in [0.1, 0.15) is 0 Å². The highest BCUT2D eigenvalue weighted by Gasteiger charge is 2.23. The fourth-order valence-corrected chi connectivity index (χ4v) is 2.41. The molecule has 0 spiro atoms. The average Bonchev–Trinajstić information content (AvgIpc) is 2.98. The molecule has 1 atom stereocenters. The summed E-state index contributed by atoms with van der Waals surface area (Å²) < 4.78 is 1.74. The maximum absolute atomic E-state index is 12.4. The zero-order chi connectivity index (χ0) is 13.1. The molecule has 0 aromatic carbocycles. The van der Waals surface area contributed by atoms with E-state index in [0.29, 0.717) is 6.04 Å². The molecule has 1 saturated heterocycles. The molecular formula is C13H22N4O. The quantitative estimate of drug-likeness (QED) is 0.865. The number of rotatable bonds is 4. The van der Waals surface area contributed by atoms with Crippen molar-refractivity contribution in [1.29, 1.82) is 0 Å². The number of carbonyl (C=O) groups excluding carboxylic acids is 1. The first kappa shape index (κ1) is 13.1. The lowest BCUT2D eigenvalue weighted by atomic mass is 10.2. The Morgan fingerprint density at radius 1 is 1.67 bits per heavy atom. The van der Waals surface area contributed by atoms with Crippen molar-refractivity contribution in [1.82, 2.24) is 20.0 Å². The van der Waals surface area contributed by atoms with Gasteiger partial charge in [-0.25, -0.2) is 0 Å². The molecule has 1 aromatic heterocycles. The first-order valence-corrected chi connectivity index (χ1v) is 6.64. The maximum atomic E-state index is 12.4. The van der Waals surface area contributed by atoms with Gasteiger partial charge in [0.15, 0.2) is 0 Å². The average molecular weight is 250 g/mol. The number of hydrogen-bond donors (Lipinski definition) is 1. The fraction of sp³-hybridized carbons (Fsp3) is 0.692. The van der Waals surface area contributed by atoms with E-state index in [0.717, 1.165) is 37.3 Å². The predicted molar refractivity (Wildman–Crippen MR) is 70.5 cm³/mol. The van der Waals surface area contributed by atoms with Gasteiger partial charge in [0.05, 0.1) is 11.8 Å². The standard InChI is InChI=1S/C13H22N4O/c1-4-17(9-11-6-5-7-14-11)13(18)12-8-15-16(3)10(12)2/h8,11,14H,4-7,9H2,1-3H3. The summed E-state index contributed by atoms with van der Waals surface area (Å²) in [5.41, 5.74) is 1.65. The second-order valence-corrected chi connectivity index (χ2v) is 4.90. The van der Waals surface area contributed by atoms with E-state index < -0.39 is 0 Å². The van der Waals surface area contributed by atoms with E-state index in [-0.39, 0.29) is 5.91 Å². The zero-order valence-corrected chi connectivity index (χ0v) is 11.4. The molecule has 1 unspecified atom stereocenters. The van der Waals surface area contributed by atoms with Crippen LogP contribution in [-0.2, 0) is 7.05 Å². The van der Waals surface area contributed by atoms with Crippen LogP contribution in [0.3, 0.4) is 0 Å². The Morgan fingerprint density at radius 2 is 2.44 bits per heavy atom. The molecule has 0 aliphatic carbocycles. The molecule has 18 heavy (non-hydrogen) atoms. The minimum absolute atomic E-state index is 0.0943. The van der Waals surface area contributed by atoms with Crippen LogP contribution < -0.4 is 5.32 Å². The van der Waals surface area contributed by atoms with Crippen LogP contribution in [0.5, 0.6) is 0 Å². The summed E-state index contributed by atoms with van der Waals surface area (Å²) in [4.78, 5) is 14.4. The van der Waals surface area contributed by atoms with E-state index in [9.17, 15) is 4.79 Å². The number of aromatic nitrogens is 2. The first-order valence-electron chi connectivity index (χ1n) is 6.64. The molecular weight excluding hydrogens is 228 g/mol. The Labute approximate surface area is 108 Å². The molecule has 0 radical (unpaired) electrons. The second-order valence-electron chi connectivity index (χ2n) is 4.90. The highest BCUT2D eigenvalue weighted by Crippen LogP contribution is 2.12. The lowest BCUT2D eigenvalue weighted by Gasteiger charge is -2.24. The van der Waals surface area contributed by atoms with E-state index in [1.807, 2.05) is 25.8 Å². The number of likely N-dealkylation sites (N-methyl/N-ethyl adjacent to an activating group) is 1. The Bertz CT molecular complexity index is 421. The monoisotopic (exact) mass is 250 g/mol. The molecule has 1 amide bonds. The Hall–Kier alpha value is -1.36. The van der Waals surface area contributed by atoms with Crippen LogP contribution in [-0.4, -0.2) is 46.3 Å². The maximum Gasteiger partial charge on any atom is 0.257 e. The van der Waals surface area contributed by atoms with Crippen molar-refractivity contribution in [2.45, 2.75) is 32.7 Å². The van der Waals surface area contributed by atoms with Gasteiger partial charge in [-0.3, -0.25) is 9.48 Å². The van der Waals surface area contributed by atoms with Crippen LogP contribution in [0, 0.1) is 6.92 Å². The van der Waals surface area contributed by atoms with Crippen molar-refractivity contribution in [3.63, 3.8) is 0 Å². The van der Waals surface area contributed by atoms with Gasteiger partial charge in [0.25, 0.3) is 5.91 Å². The van der Waals surface area contributed by atoms with Crippen molar-refractivity contribution < 1.29 is 4.79 Å². The molecule has 1 aliphatic rings. The van der Waals surface area contributed by atoms with Gasteiger partial charge in [-0.15, -0.1) is 0 Å². The van der Waals surface area contributed by atoms with Crippen molar-refractivity contribution in [2.24, 2.45) is 7.05 Å². The molecule has 0 saturated carbocycles. The SMILES string of the molecule is CCN(CC1CCCN1)C(=O)c1cnn(C)c1C. The van der Waals surface area contributed by atoms with Gasteiger partial charge < -0.3 is 10.2 Å². The van der Waals surface area contributed by atoms with Crippen LogP contribution >= 0.6 is 0 Å². The lowest BCUT2D eigenvalue weighted by Crippen LogP contribution is -2.41. The number of aryl methyl sites for hydroxylation is 1. The predicted octanol–water partition coefficient (Wildman–Crippen LogP) is 0.943. The van der Waals surface area contributed by atoms with Crippen LogP contribution in [0.4, 0.5) is 0 Å². The summed E-state index contributed by atoms with van der Waals surface area (Å²) in [5.74, 6) is 0.0943. The third-order valence-electron chi connectivity index (χ3n) is 3.74. The van der Waals surface area contributed by atoms with E-state index >= 15 is 0 Å². The fourth-order valence-electron chi connectivity index (χ4n) is 2.41. The summed E-state index contributed by atoms with van der Waals surface area (Å²) in [7, 11) is 1.86. The second kappa shape index (κ2) is 5.52. The van der Waals surface area contributed by atoms with Gasteiger partial charge in [0, 0.05) is 31.9 Å². The molecule has 1 N–H and O–H groups in total. The number of hydrogen-bond acceptors (Lipinski definition) is 3. The molecule has 1 aliphatic heterocycles. The molecule has 1 fully saturated rings. The topological polar surface area (TPSA) is 50.2 Å². The van der Waals surface area contributed by atoms with E-state index in [2.05, 4.69) is 10.4 Å². The summed E-state index contributed by atoms with van der Waals surface area (Å²) in [6.07, 6.45) is 4.04.